The number of carbonyl (C=O) groups excluding carboxylic acids is 2. The van der Waals surface area contributed by atoms with E-state index < -0.39 is 0 Å². The van der Waals surface area contributed by atoms with Gasteiger partial charge in [-0.2, -0.15) is 0 Å². The molecule has 150 valence electrons. The summed E-state index contributed by atoms with van der Waals surface area (Å²) >= 11 is 0. The first-order valence-corrected chi connectivity index (χ1v) is 11.1. The Morgan fingerprint density at radius 3 is 2.56 bits per heavy atom. The third-order valence-electron chi connectivity index (χ3n) is 8.78. The predicted molar refractivity (Wildman–Crippen MR) is 108 cm³/mol. The molecule has 4 rings (SSSR count). The third-order valence-corrected chi connectivity index (χ3v) is 8.78. The van der Waals surface area contributed by atoms with Crippen LogP contribution in [0.4, 0.5) is 0 Å². The Bertz CT molecular complexity index is 674. The number of amides is 1. The Hall–Kier alpha value is -1.12. The van der Waals surface area contributed by atoms with E-state index in [-0.39, 0.29) is 28.1 Å². The minimum Gasteiger partial charge on any atom is -0.349 e. The molecular formula is C24H37NO2. The molecule has 0 spiro atoms. The normalized spacial score (nSPS) is 46.3. The zero-order chi connectivity index (χ0) is 19.6. The van der Waals surface area contributed by atoms with Gasteiger partial charge in [-0.1, -0.05) is 40.7 Å². The second kappa shape index (κ2) is 6.19. The van der Waals surface area contributed by atoms with Crippen molar-refractivity contribution in [2.75, 3.05) is 0 Å². The van der Waals surface area contributed by atoms with Crippen molar-refractivity contribution in [3.63, 3.8) is 0 Å². The van der Waals surface area contributed by atoms with Crippen molar-refractivity contribution in [1.29, 1.82) is 0 Å². The van der Waals surface area contributed by atoms with Gasteiger partial charge in [-0.25, -0.2) is 0 Å². The summed E-state index contributed by atoms with van der Waals surface area (Å²) in [5.74, 6) is 2.87. The van der Waals surface area contributed by atoms with Gasteiger partial charge in [-0.3, -0.25) is 9.59 Å². The molecule has 1 aliphatic heterocycles. The molecule has 27 heavy (non-hydrogen) atoms. The first-order valence-electron chi connectivity index (χ1n) is 11.1. The number of ketones is 1. The maximum absolute atomic E-state index is 13.1. The summed E-state index contributed by atoms with van der Waals surface area (Å²) in [6, 6.07) is 0.292. The molecule has 7 atom stereocenters. The molecule has 1 N–H and O–H groups in total. The van der Waals surface area contributed by atoms with Gasteiger partial charge in [0.15, 0.2) is 0 Å². The van der Waals surface area contributed by atoms with Gasteiger partial charge in [-0.05, 0) is 73.2 Å². The minimum atomic E-state index is 0.0743. The van der Waals surface area contributed by atoms with E-state index in [0.717, 1.165) is 12.8 Å². The first kappa shape index (κ1) is 19.2. The lowest BCUT2D eigenvalue weighted by molar-refractivity contribution is -0.133. The van der Waals surface area contributed by atoms with Gasteiger partial charge < -0.3 is 5.32 Å². The van der Waals surface area contributed by atoms with Crippen LogP contribution < -0.4 is 5.32 Å². The lowest BCUT2D eigenvalue weighted by atomic mass is 9.47. The molecule has 0 aromatic rings. The standard InChI is InChI=1S/C24H37NO2/c1-22(2,3)14-19(26)18-8-7-16-15-6-9-20-24(5,13-11-21(27)25-20)17(15)10-12-23(16,18)4/h11,13,15-18,20H,6-10,12,14H2,1-5H3,(H,25,27)/t15?,16?,17?,18-,20?,23+,24-/m1/s1. The van der Waals surface area contributed by atoms with E-state index in [1.165, 1.54) is 25.7 Å². The Labute approximate surface area is 164 Å². The lowest BCUT2D eigenvalue weighted by Gasteiger charge is -2.58. The predicted octanol–water partition coefficient (Wildman–Crippen LogP) is 4.91. The molecule has 0 aromatic carbocycles. The number of Topliss-reactive ketones (excluding diaryl/α,β-unsaturated/α-hetero) is 1. The summed E-state index contributed by atoms with van der Waals surface area (Å²) < 4.78 is 0. The van der Waals surface area contributed by atoms with E-state index in [2.05, 4.69) is 46.0 Å². The van der Waals surface area contributed by atoms with Crippen LogP contribution in [0.15, 0.2) is 12.2 Å². The molecule has 1 amide bonds. The summed E-state index contributed by atoms with van der Waals surface area (Å²) in [7, 11) is 0. The zero-order valence-corrected chi connectivity index (χ0v) is 17.8. The fourth-order valence-electron chi connectivity index (χ4n) is 7.51. The summed E-state index contributed by atoms with van der Waals surface area (Å²) in [6.07, 6.45) is 11.7. The van der Waals surface area contributed by atoms with Crippen LogP contribution in [0.1, 0.15) is 79.6 Å². The zero-order valence-electron chi connectivity index (χ0n) is 17.8. The molecule has 3 fully saturated rings. The Morgan fingerprint density at radius 1 is 1.11 bits per heavy atom. The van der Waals surface area contributed by atoms with Crippen LogP contribution >= 0.6 is 0 Å². The molecule has 0 saturated heterocycles. The molecule has 0 bridgehead atoms. The van der Waals surface area contributed by atoms with E-state index in [1.807, 2.05) is 0 Å². The van der Waals surface area contributed by atoms with Gasteiger partial charge in [0, 0.05) is 23.8 Å². The Kier molecular flexibility index (Phi) is 4.40. The highest BCUT2D eigenvalue weighted by atomic mass is 16.1. The summed E-state index contributed by atoms with van der Waals surface area (Å²) in [5, 5.41) is 3.23. The van der Waals surface area contributed by atoms with Gasteiger partial charge in [0.05, 0.1) is 0 Å². The molecule has 0 aromatic heterocycles. The summed E-state index contributed by atoms with van der Waals surface area (Å²) in [5.41, 5.74) is 0.360. The number of hydrogen-bond donors (Lipinski definition) is 1. The van der Waals surface area contributed by atoms with Crippen LogP contribution in [0.25, 0.3) is 0 Å². The van der Waals surface area contributed by atoms with Gasteiger partial charge >= 0.3 is 0 Å². The van der Waals surface area contributed by atoms with Gasteiger partial charge in [0.2, 0.25) is 5.91 Å². The van der Waals surface area contributed by atoms with Crippen LogP contribution in [0.5, 0.6) is 0 Å². The molecule has 3 heteroatoms. The molecule has 3 saturated carbocycles. The molecule has 3 aliphatic carbocycles. The highest BCUT2D eigenvalue weighted by Crippen LogP contribution is 2.65. The molecule has 4 aliphatic rings. The maximum atomic E-state index is 13.1. The first-order chi connectivity index (χ1) is 12.5. The molecule has 0 radical (unpaired) electrons. The number of rotatable bonds is 2. The van der Waals surface area contributed by atoms with E-state index in [1.54, 1.807) is 6.08 Å². The van der Waals surface area contributed by atoms with Crippen LogP contribution in [0, 0.1) is 39.9 Å². The van der Waals surface area contributed by atoms with Crippen molar-refractivity contribution >= 4 is 11.7 Å². The fraction of sp³-hybridized carbons (Fsp3) is 0.833. The lowest BCUT2D eigenvalue weighted by Crippen LogP contribution is -2.59. The van der Waals surface area contributed by atoms with Crippen LogP contribution in [-0.4, -0.2) is 17.7 Å². The number of hydrogen-bond acceptors (Lipinski definition) is 2. The Morgan fingerprint density at radius 2 is 1.85 bits per heavy atom. The van der Waals surface area contributed by atoms with Crippen molar-refractivity contribution in [1.82, 2.24) is 5.32 Å². The average molecular weight is 372 g/mol. The Balaban J connectivity index is 1.58. The van der Waals surface area contributed by atoms with Gasteiger partial charge in [-0.15, -0.1) is 0 Å². The SMILES string of the molecule is CC(C)(C)CC(=O)[C@H]1CCC2C3CCC4NC(=O)C=C[C@]4(C)C3CC[C@@]21C. The third kappa shape index (κ3) is 3.00. The number of carbonyl (C=O) groups is 2. The molecule has 4 unspecified atom stereocenters. The van der Waals surface area contributed by atoms with Crippen molar-refractivity contribution in [2.45, 2.75) is 85.6 Å². The van der Waals surface area contributed by atoms with Gasteiger partial charge in [0.1, 0.15) is 5.78 Å². The quantitative estimate of drug-likeness (QED) is 0.750. The van der Waals surface area contributed by atoms with E-state index in [0.29, 0.717) is 36.0 Å². The molecule has 1 heterocycles. The largest absolute Gasteiger partial charge is 0.349 e. The monoisotopic (exact) mass is 371 g/mol. The summed E-state index contributed by atoms with van der Waals surface area (Å²) in [4.78, 5) is 25.0. The van der Waals surface area contributed by atoms with Crippen molar-refractivity contribution < 1.29 is 9.59 Å². The highest BCUT2D eigenvalue weighted by Gasteiger charge is 2.60. The minimum absolute atomic E-state index is 0.0743. The average Bonchev–Trinajstić information content (AvgIpc) is 2.91. The summed E-state index contributed by atoms with van der Waals surface area (Å²) in [6.45, 7) is 11.3. The van der Waals surface area contributed by atoms with Gasteiger partial charge in [0.25, 0.3) is 0 Å². The smallest absolute Gasteiger partial charge is 0.243 e. The van der Waals surface area contributed by atoms with E-state index in [4.69, 9.17) is 0 Å². The van der Waals surface area contributed by atoms with Crippen molar-refractivity contribution in [3.8, 4) is 0 Å². The van der Waals surface area contributed by atoms with Crippen LogP contribution in [0.2, 0.25) is 0 Å². The number of fused-ring (bicyclic) bond motifs is 5. The molecule has 3 nitrogen and oxygen atoms in total. The van der Waals surface area contributed by atoms with E-state index in [9.17, 15) is 9.59 Å². The van der Waals surface area contributed by atoms with Crippen LogP contribution in [-0.2, 0) is 9.59 Å². The maximum Gasteiger partial charge on any atom is 0.243 e. The molecular weight excluding hydrogens is 334 g/mol. The topological polar surface area (TPSA) is 46.2 Å². The van der Waals surface area contributed by atoms with Crippen molar-refractivity contribution in [2.24, 2.45) is 39.9 Å². The van der Waals surface area contributed by atoms with Crippen LogP contribution in [0.3, 0.4) is 0 Å². The highest BCUT2D eigenvalue weighted by molar-refractivity contribution is 5.89. The second-order valence-corrected chi connectivity index (χ2v) is 11.6. The number of nitrogens with one attached hydrogen (secondary N) is 1. The van der Waals surface area contributed by atoms with E-state index >= 15 is 0 Å². The second-order valence-electron chi connectivity index (χ2n) is 11.6. The fourth-order valence-corrected chi connectivity index (χ4v) is 7.51. The van der Waals surface area contributed by atoms with Crippen molar-refractivity contribution in [3.05, 3.63) is 12.2 Å².